The number of rotatable bonds is 3. The number of aliphatic carboxylic acids is 1. The summed E-state index contributed by atoms with van der Waals surface area (Å²) in [6, 6.07) is 8.57. The molecule has 1 aliphatic carbocycles. The molecule has 1 aromatic carbocycles. The Morgan fingerprint density at radius 2 is 1.87 bits per heavy atom. The predicted octanol–water partition coefficient (Wildman–Crippen LogP) is 1.41. The summed E-state index contributed by atoms with van der Waals surface area (Å²) in [5.74, 6) is -0.791. The highest BCUT2D eigenvalue weighted by Gasteiger charge is 2.20. The molecule has 3 nitrogen and oxygen atoms in total. The third kappa shape index (κ3) is 3.04. The Morgan fingerprint density at radius 1 is 1.33 bits per heavy atom. The molecule has 0 amide bonds. The summed E-state index contributed by atoms with van der Waals surface area (Å²) in [6.07, 6.45) is 1.90. The van der Waals surface area contributed by atoms with E-state index in [0.717, 1.165) is 12.8 Å². The summed E-state index contributed by atoms with van der Waals surface area (Å²) in [5.41, 5.74) is 2.69. The molecule has 4 heteroatoms. The molecule has 0 heterocycles. The van der Waals surface area contributed by atoms with Gasteiger partial charge in [0.1, 0.15) is 0 Å². The number of halogens is 1. The van der Waals surface area contributed by atoms with E-state index in [1.165, 1.54) is 11.1 Å². The van der Waals surface area contributed by atoms with E-state index in [4.69, 9.17) is 5.11 Å². The van der Waals surface area contributed by atoms with Gasteiger partial charge < -0.3 is 10.4 Å². The number of hydrogen-bond donors (Lipinski definition) is 2. The van der Waals surface area contributed by atoms with Gasteiger partial charge in [-0.1, -0.05) is 24.3 Å². The predicted molar refractivity (Wildman–Crippen MR) is 63.6 cm³/mol. The van der Waals surface area contributed by atoms with Crippen molar-refractivity contribution in [2.45, 2.75) is 18.9 Å². The lowest BCUT2D eigenvalue weighted by atomic mass is 10.1. The van der Waals surface area contributed by atoms with Crippen LogP contribution in [0.4, 0.5) is 0 Å². The average Bonchev–Trinajstić information content (AvgIpc) is 2.57. The minimum Gasteiger partial charge on any atom is -0.480 e. The van der Waals surface area contributed by atoms with Crippen LogP contribution in [0.2, 0.25) is 0 Å². The Bertz CT molecular complexity index is 329. The summed E-state index contributed by atoms with van der Waals surface area (Å²) in [7, 11) is 0. The van der Waals surface area contributed by atoms with E-state index in [1.807, 2.05) is 12.1 Å². The zero-order chi connectivity index (χ0) is 9.97. The number of nitrogens with one attached hydrogen (secondary N) is 1. The molecule has 0 spiro atoms. The van der Waals surface area contributed by atoms with Crippen LogP contribution >= 0.6 is 17.0 Å². The minimum atomic E-state index is -0.791. The first-order valence-electron chi connectivity index (χ1n) is 4.77. The molecule has 15 heavy (non-hydrogen) atoms. The summed E-state index contributed by atoms with van der Waals surface area (Å²) < 4.78 is 0. The smallest absolute Gasteiger partial charge is 0.317 e. The normalized spacial score (nSPS) is 14.4. The van der Waals surface area contributed by atoms with E-state index < -0.39 is 5.97 Å². The molecule has 2 N–H and O–H groups in total. The Kier molecular flexibility index (Phi) is 4.29. The first-order valence-corrected chi connectivity index (χ1v) is 4.77. The van der Waals surface area contributed by atoms with Gasteiger partial charge in [-0.05, 0) is 24.0 Å². The molecular formula is C11H14BrNO2. The topological polar surface area (TPSA) is 49.3 Å². The van der Waals surface area contributed by atoms with E-state index in [-0.39, 0.29) is 23.5 Å². The highest BCUT2D eigenvalue weighted by atomic mass is 79.9. The van der Waals surface area contributed by atoms with Gasteiger partial charge in [-0.25, -0.2) is 0 Å². The Morgan fingerprint density at radius 3 is 2.33 bits per heavy atom. The van der Waals surface area contributed by atoms with Crippen molar-refractivity contribution in [2.24, 2.45) is 0 Å². The Labute approximate surface area is 99.3 Å². The molecule has 82 valence electrons. The first-order chi connectivity index (χ1) is 6.75. The van der Waals surface area contributed by atoms with Crippen molar-refractivity contribution in [3.8, 4) is 0 Å². The number of carboxylic acids is 1. The molecule has 0 aliphatic heterocycles. The van der Waals surface area contributed by atoms with Crippen molar-refractivity contribution in [1.29, 1.82) is 0 Å². The minimum absolute atomic E-state index is 0. The van der Waals surface area contributed by atoms with Crippen molar-refractivity contribution < 1.29 is 9.90 Å². The van der Waals surface area contributed by atoms with Gasteiger partial charge in [0.25, 0.3) is 0 Å². The van der Waals surface area contributed by atoms with Crippen molar-refractivity contribution in [3.05, 3.63) is 35.4 Å². The van der Waals surface area contributed by atoms with Crippen molar-refractivity contribution >= 4 is 23.0 Å². The number of carbonyl (C=O) groups is 1. The maximum Gasteiger partial charge on any atom is 0.317 e. The monoisotopic (exact) mass is 271 g/mol. The SMILES string of the molecule is Br.O=C(O)CNC1Cc2ccccc2C1. The fourth-order valence-electron chi connectivity index (χ4n) is 1.93. The van der Waals surface area contributed by atoms with Gasteiger partial charge in [-0.2, -0.15) is 0 Å². The van der Waals surface area contributed by atoms with Crippen LogP contribution in [0.5, 0.6) is 0 Å². The zero-order valence-corrected chi connectivity index (χ0v) is 9.98. The van der Waals surface area contributed by atoms with Gasteiger partial charge >= 0.3 is 5.97 Å². The van der Waals surface area contributed by atoms with Gasteiger partial charge in [-0.3, -0.25) is 4.79 Å². The molecule has 1 aromatic rings. The van der Waals surface area contributed by atoms with E-state index in [1.54, 1.807) is 0 Å². The number of fused-ring (bicyclic) bond motifs is 1. The molecular weight excluding hydrogens is 258 g/mol. The molecule has 0 aromatic heterocycles. The first kappa shape index (κ1) is 12.2. The van der Waals surface area contributed by atoms with Crippen LogP contribution in [0.1, 0.15) is 11.1 Å². The summed E-state index contributed by atoms with van der Waals surface area (Å²) in [5, 5.41) is 11.6. The summed E-state index contributed by atoms with van der Waals surface area (Å²) in [6.45, 7) is 0.0542. The van der Waals surface area contributed by atoms with Crippen molar-refractivity contribution in [2.75, 3.05) is 6.54 Å². The van der Waals surface area contributed by atoms with Crippen LogP contribution in [0.25, 0.3) is 0 Å². The van der Waals surface area contributed by atoms with E-state index in [2.05, 4.69) is 17.4 Å². The van der Waals surface area contributed by atoms with E-state index in [0.29, 0.717) is 6.04 Å². The Balaban J connectivity index is 0.00000112. The van der Waals surface area contributed by atoms with Gasteiger partial charge in [-0.15, -0.1) is 17.0 Å². The second-order valence-electron chi connectivity index (χ2n) is 3.65. The van der Waals surface area contributed by atoms with E-state index in [9.17, 15) is 4.79 Å². The molecule has 0 unspecified atom stereocenters. The van der Waals surface area contributed by atoms with Crippen LogP contribution in [0, 0.1) is 0 Å². The third-order valence-corrected chi connectivity index (χ3v) is 2.59. The van der Waals surface area contributed by atoms with Gasteiger partial charge in [0.2, 0.25) is 0 Å². The Hall–Kier alpha value is -0.870. The van der Waals surface area contributed by atoms with Crippen LogP contribution in [0.15, 0.2) is 24.3 Å². The number of carboxylic acid groups (broad SMARTS) is 1. The lowest BCUT2D eigenvalue weighted by molar-refractivity contribution is -0.136. The van der Waals surface area contributed by atoms with Crippen LogP contribution < -0.4 is 5.32 Å². The largest absolute Gasteiger partial charge is 0.480 e. The second kappa shape index (κ2) is 5.28. The van der Waals surface area contributed by atoms with Crippen LogP contribution in [-0.4, -0.2) is 23.7 Å². The van der Waals surface area contributed by atoms with Crippen LogP contribution in [-0.2, 0) is 17.6 Å². The molecule has 0 radical (unpaired) electrons. The highest BCUT2D eigenvalue weighted by molar-refractivity contribution is 8.93. The highest BCUT2D eigenvalue weighted by Crippen LogP contribution is 2.21. The lowest BCUT2D eigenvalue weighted by Crippen LogP contribution is -2.33. The fourth-order valence-corrected chi connectivity index (χ4v) is 1.93. The molecule has 0 atom stereocenters. The van der Waals surface area contributed by atoms with Crippen molar-refractivity contribution in [1.82, 2.24) is 5.32 Å². The van der Waals surface area contributed by atoms with Crippen molar-refractivity contribution in [3.63, 3.8) is 0 Å². The number of hydrogen-bond acceptors (Lipinski definition) is 2. The average molecular weight is 272 g/mol. The maximum atomic E-state index is 10.4. The maximum absolute atomic E-state index is 10.4. The molecule has 0 saturated heterocycles. The molecule has 1 aliphatic rings. The third-order valence-electron chi connectivity index (χ3n) is 2.59. The van der Waals surface area contributed by atoms with Gasteiger partial charge in [0, 0.05) is 6.04 Å². The van der Waals surface area contributed by atoms with E-state index >= 15 is 0 Å². The molecule has 2 rings (SSSR count). The zero-order valence-electron chi connectivity index (χ0n) is 8.27. The second-order valence-corrected chi connectivity index (χ2v) is 3.65. The molecule has 0 bridgehead atoms. The fraction of sp³-hybridized carbons (Fsp3) is 0.364. The summed E-state index contributed by atoms with van der Waals surface area (Å²) in [4.78, 5) is 10.4. The summed E-state index contributed by atoms with van der Waals surface area (Å²) >= 11 is 0. The molecule has 0 fully saturated rings. The quantitative estimate of drug-likeness (QED) is 0.874. The van der Waals surface area contributed by atoms with Gasteiger partial charge in [0.05, 0.1) is 6.54 Å². The standard InChI is InChI=1S/C11H13NO2.BrH/c13-11(14)7-12-10-5-8-3-1-2-4-9(8)6-10;/h1-4,10,12H,5-7H2,(H,13,14);1H. The van der Waals surface area contributed by atoms with Crippen LogP contribution in [0.3, 0.4) is 0 Å². The molecule has 0 saturated carbocycles. The van der Waals surface area contributed by atoms with Gasteiger partial charge in [0.15, 0.2) is 0 Å². The number of benzene rings is 1. The lowest BCUT2D eigenvalue weighted by Gasteiger charge is -2.08.